The number of thiophene rings is 1. The summed E-state index contributed by atoms with van der Waals surface area (Å²) >= 11 is 6.27. The van der Waals surface area contributed by atoms with Gasteiger partial charge in [-0.05, 0) is 54.0 Å². The number of rotatable bonds is 9. The summed E-state index contributed by atoms with van der Waals surface area (Å²) in [5, 5.41) is 27.0. The molecule has 182 valence electrons. The molecule has 0 spiro atoms. The maximum atomic E-state index is 14.1. The molecule has 2 atom stereocenters. The van der Waals surface area contributed by atoms with Gasteiger partial charge in [-0.1, -0.05) is 60.1 Å². The zero-order valence-electron chi connectivity index (χ0n) is 19.2. The first-order valence-electron chi connectivity index (χ1n) is 12.0. The second kappa shape index (κ2) is 11.7. The molecule has 7 nitrogen and oxygen atoms in total. The van der Waals surface area contributed by atoms with Crippen molar-refractivity contribution in [2.45, 2.75) is 76.9 Å². The van der Waals surface area contributed by atoms with Crippen LogP contribution in [-0.4, -0.2) is 52.4 Å². The first-order chi connectivity index (χ1) is 16.0. The standard InChI is InChI=1S/C23H33BrN4O3S2/c1-2-3-8-17-13-19(32-15-17)22(29)31-20-14-27(12-11-24)16-28(20,30)23-26-25-21(33-23)18-9-6-4-5-7-10-18/h13,15,18,20H,2-12,14,16H2,1H3. The Bertz CT molecular complexity index is 915. The highest BCUT2D eigenvalue weighted by Crippen LogP contribution is 2.39. The van der Waals surface area contributed by atoms with Crippen LogP contribution >= 0.6 is 38.6 Å². The van der Waals surface area contributed by atoms with Crippen molar-refractivity contribution >= 4 is 49.7 Å². The Morgan fingerprint density at radius 3 is 2.82 bits per heavy atom. The zero-order chi connectivity index (χ0) is 23.3. The van der Waals surface area contributed by atoms with Gasteiger partial charge in [-0.3, -0.25) is 4.65 Å². The third-order valence-electron chi connectivity index (χ3n) is 6.57. The van der Waals surface area contributed by atoms with Crippen LogP contribution < -0.4 is 4.65 Å². The number of esters is 1. The number of unbranched alkanes of at least 4 members (excludes halogenated alkanes) is 1. The van der Waals surface area contributed by atoms with E-state index in [-0.39, 0.29) is 6.67 Å². The maximum Gasteiger partial charge on any atom is 0.352 e. The minimum Gasteiger partial charge on any atom is -0.622 e. The number of carbonyl (C=O) groups excluding carboxylic acids is 1. The van der Waals surface area contributed by atoms with Gasteiger partial charge in [-0.15, -0.1) is 16.4 Å². The fourth-order valence-corrected chi connectivity index (χ4v) is 7.05. The molecule has 1 saturated carbocycles. The molecular weight excluding hydrogens is 524 g/mol. The molecule has 2 fully saturated rings. The Morgan fingerprint density at radius 2 is 2.09 bits per heavy atom. The van der Waals surface area contributed by atoms with Crippen LogP contribution in [0.5, 0.6) is 0 Å². The summed E-state index contributed by atoms with van der Waals surface area (Å²) in [5.74, 6) is -0.0273. The minimum absolute atomic E-state index is 0.217. The predicted molar refractivity (Wildman–Crippen MR) is 138 cm³/mol. The number of ether oxygens (including phenoxy) is 1. The number of aryl methyl sites for hydroxylation is 1. The molecule has 0 aromatic carbocycles. The van der Waals surface area contributed by atoms with Crippen LogP contribution in [-0.2, 0) is 11.2 Å². The van der Waals surface area contributed by atoms with E-state index in [0.29, 0.717) is 29.0 Å². The number of nitrogens with zero attached hydrogens (tertiary/aromatic N) is 4. The van der Waals surface area contributed by atoms with Crippen molar-refractivity contribution in [2.75, 3.05) is 25.1 Å². The van der Waals surface area contributed by atoms with Gasteiger partial charge >= 0.3 is 11.1 Å². The molecule has 10 heteroatoms. The summed E-state index contributed by atoms with van der Waals surface area (Å²) in [4.78, 5) is 15.5. The SMILES string of the molecule is CCCCc1csc(C(=O)OC2CN(CCBr)C[N+]2([O-])c2nnc(C3CCCCCC3)s2)c1. The second-order valence-electron chi connectivity index (χ2n) is 9.10. The van der Waals surface area contributed by atoms with E-state index in [4.69, 9.17) is 4.74 Å². The topological polar surface area (TPSA) is 78.4 Å². The second-order valence-corrected chi connectivity index (χ2v) is 11.8. The Balaban J connectivity index is 1.51. The number of hydroxylamine groups is 2. The van der Waals surface area contributed by atoms with Gasteiger partial charge in [0.2, 0.25) is 0 Å². The van der Waals surface area contributed by atoms with Gasteiger partial charge in [0.15, 0.2) is 0 Å². The molecule has 0 amide bonds. The first-order valence-corrected chi connectivity index (χ1v) is 14.8. The van der Waals surface area contributed by atoms with E-state index in [9.17, 15) is 10.0 Å². The van der Waals surface area contributed by atoms with Crippen molar-refractivity contribution < 1.29 is 9.53 Å². The average molecular weight is 558 g/mol. The number of halogens is 1. The highest BCUT2D eigenvalue weighted by atomic mass is 79.9. The Labute approximate surface area is 212 Å². The van der Waals surface area contributed by atoms with Crippen molar-refractivity contribution in [1.82, 2.24) is 19.7 Å². The molecule has 1 aliphatic carbocycles. The molecule has 2 aromatic heterocycles. The Kier molecular flexibility index (Phi) is 8.92. The van der Waals surface area contributed by atoms with E-state index < -0.39 is 16.8 Å². The Hall–Kier alpha value is -0.910. The maximum absolute atomic E-state index is 14.1. The van der Waals surface area contributed by atoms with Crippen LogP contribution in [0.15, 0.2) is 11.4 Å². The van der Waals surface area contributed by atoms with E-state index in [1.165, 1.54) is 48.4 Å². The predicted octanol–water partition coefficient (Wildman–Crippen LogP) is 6.04. The molecule has 0 bridgehead atoms. The highest BCUT2D eigenvalue weighted by Gasteiger charge is 2.46. The van der Waals surface area contributed by atoms with Crippen LogP contribution in [0.2, 0.25) is 0 Å². The summed E-state index contributed by atoms with van der Waals surface area (Å²) in [6.45, 7) is 3.48. The minimum atomic E-state index is -0.840. The van der Waals surface area contributed by atoms with Gasteiger partial charge in [0.1, 0.15) is 16.6 Å². The molecule has 2 aromatic rings. The molecule has 2 aliphatic rings. The molecule has 33 heavy (non-hydrogen) atoms. The van der Waals surface area contributed by atoms with Crippen LogP contribution in [0, 0.1) is 5.21 Å². The number of hydrogen-bond acceptors (Lipinski definition) is 8. The quantitative estimate of drug-likeness (QED) is 0.123. The highest BCUT2D eigenvalue weighted by molar-refractivity contribution is 9.09. The summed E-state index contributed by atoms with van der Waals surface area (Å²) in [7, 11) is 0. The van der Waals surface area contributed by atoms with Crippen LogP contribution in [0.25, 0.3) is 0 Å². The molecular formula is C23H33BrN4O3S2. The third-order valence-corrected chi connectivity index (χ3v) is 9.08. The number of alkyl halides is 1. The number of hydrogen-bond donors (Lipinski definition) is 0. The van der Waals surface area contributed by atoms with Gasteiger partial charge in [0.25, 0.3) is 6.23 Å². The molecule has 1 saturated heterocycles. The van der Waals surface area contributed by atoms with Gasteiger partial charge in [-0.2, -0.15) is 0 Å². The summed E-state index contributed by atoms with van der Waals surface area (Å²) in [6.07, 6.45) is 9.50. The van der Waals surface area contributed by atoms with E-state index in [0.717, 1.165) is 48.0 Å². The monoisotopic (exact) mass is 556 g/mol. The smallest absolute Gasteiger partial charge is 0.352 e. The molecule has 3 heterocycles. The van der Waals surface area contributed by atoms with E-state index in [2.05, 4.69) is 33.1 Å². The van der Waals surface area contributed by atoms with Gasteiger partial charge in [-0.25, -0.2) is 9.69 Å². The third kappa shape index (κ3) is 6.02. The van der Waals surface area contributed by atoms with E-state index in [1.54, 1.807) is 0 Å². The van der Waals surface area contributed by atoms with Crippen LogP contribution in [0.1, 0.15) is 84.5 Å². The van der Waals surface area contributed by atoms with Crippen LogP contribution in [0.4, 0.5) is 5.13 Å². The van der Waals surface area contributed by atoms with Crippen molar-refractivity contribution in [1.29, 1.82) is 0 Å². The zero-order valence-corrected chi connectivity index (χ0v) is 22.4. The lowest BCUT2D eigenvalue weighted by Gasteiger charge is -2.38. The molecule has 4 rings (SSSR count). The lowest BCUT2D eigenvalue weighted by Crippen LogP contribution is -2.50. The van der Waals surface area contributed by atoms with Gasteiger partial charge < -0.3 is 9.94 Å². The van der Waals surface area contributed by atoms with Crippen molar-refractivity contribution in [3.8, 4) is 0 Å². The molecule has 0 N–H and O–H groups in total. The largest absolute Gasteiger partial charge is 0.622 e. The Morgan fingerprint density at radius 1 is 1.30 bits per heavy atom. The molecule has 1 aliphatic heterocycles. The lowest BCUT2D eigenvalue weighted by molar-refractivity contribution is 0.00605. The molecule has 0 radical (unpaired) electrons. The average Bonchev–Trinajstić information content (AvgIpc) is 3.49. The van der Waals surface area contributed by atoms with Gasteiger partial charge in [0.05, 0.1) is 6.54 Å². The van der Waals surface area contributed by atoms with Crippen molar-refractivity contribution in [2.24, 2.45) is 0 Å². The number of carbonyl (C=O) groups is 1. The van der Waals surface area contributed by atoms with Crippen molar-refractivity contribution in [3.05, 3.63) is 32.1 Å². The van der Waals surface area contributed by atoms with E-state index in [1.807, 2.05) is 16.3 Å². The summed E-state index contributed by atoms with van der Waals surface area (Å²) in [6, 6.07) is 1.91. The fraction of sp³-hybridized carbons (Fsp3) is 0.696. The first kappa shape index (κ1) is 25.2. The number of quaternary nitrogens is 1. The number of aromatic nitrogens is 2. The van der Waals surface area contributed by atoms with E-state index >= 15 is 0 Å². The normalized spacial score (nSPS) is 24.8. The summed E-state index contributed by atoms with van der Waals surface area (Å²) in [5.41, 5.74) is 1.15. The van der Waals surface area contributed by atoms with Crippen LogP contribution in [0.3, 0.4) is 0 Å². The van der Waals surface area contributed by atoms with Crippen molar-refractivity contribution in [3.63, 3.8) is 0 Å². The summed E-state index contributed by atoms with van der Waals surface area (Å²) < 4.78 is 5.08. The molecule has 2 unspecified atom stereocenters. The fourth-order valence-electron chi connectivity index (χ4n) is 4.63. The lowest BCUT2D eigenvalue weighted by atomic mass is 10.0. The van der Waals surface area contributed by atoms with Gasteiger partial charge in [0, 0.05) is 17.8 Å².